The molecule has 1 heterocycles. The molecule has 0 spiro atoms. The van der Waals surface area contributed by atoms with E-state index < -0.39 is 22.3 Å². The van der Waals surface area contributed by atoms with E-state index >= 15 is 0 Å². The van der Waals surface area contributed by atoms with Crippen molar-refractivity contribution in [1.82, 2.24) is 0 Å². The zero-order chi connectivity index (χ0) is 14.3. The zero-order valence-corrected chi connectivity index (χ0v) is 12.4. The molecule has 0 amide bonds. The molecule has 0 aliphatic carbocycles. The molecular formula is C15H8BrF3S. The van der Waals surface area contributed by atoms with Gasteiger partial charge in [-0.05, 0) is 23.6 Å². The van der Waals surface area contributed by atoms with E-state index in [1.165, 1.54) is 11.3 Å². The van der Waals surface area contributed by atoms with E-state index in [1.54, 1.807) is 0 Å². The highest BCUT2D eigenvalue weighted by atomic mass is 79.9. The van der Waals surface area contributed by atoms with Crippen LogP contribution in [0, 0.1) is 17.5 Å². The molecule has 0 aliphatic heterocycles. The predicted molar refractivity (Wildman–Crippen MR) is 78.9 cm³/mol. The second kappa shape index (κ2) is 5.22. The van der Waals surface area contributed by atoms with Gasteiger partial charge in [-0.3, -0.25) is 0 Å². The number of rotatable bonds is 2. The maximum absolute atomic E-state index is 13.8. The summed E-state index contributed by atoms with van der Waals surface area (Å²) in [6, 6.07) is 11.1. The summed E-state index contributed by atoms with van der Waals surface area (Å²) in [5.41, 5.74) is 0.0930. The normalized spacial score (nSPS) is 12.8. The van der Waals surface area contributed by atoms with Crippen LogP contribution in [0.3, 0.4) is 0 Å². The minimum atomic E-state index is -1.18. The smallest absolute Gasteiger partial charge is 0.161 e. The van der Waals surface area contributed by atoms with Crippen molar-refractivity contribution >= 4 is 37.4 Å². The van der Waals surface area contributed by atoms with E-state index in [0.29, 0.717) is 6.07 Å². The number of benzene rings is 2. The number of hydrogen-bond donors (Lipinski definition) is 0. The first-order valence-corrected chi connectivity index (χ1v) is 7.56. The van der Waals surface area contributed by atoms with E-state index in [4.69, 9.17) is 0 Å². The molecular weight excluding hydrogens is 349 g/mol. The monoisotopic (exact) mass is 356 g/mol. The summed E-state index contributed by atoms with van der Waals surface area (Å²) >= 11 is 4.85. The molecule has 0 aliphatic rings. The largest absolute Gasteiger partial charge is 0.207 e. The fourth-order valence-electron chi connectivity index (χ4n) is 2.01. The standard InChI is InChI=1S/C15H8BrF3S/c16-15(9-6-11(18)12(19)7-10(9)17)14-5-8-3-1-2-4-13(8)20-14/h1-7,15H. The Kier molecular flexibility index (Phi) is 3.56. The van der Waals surface area contributed by atoms with E-state index in [2.05, 4.69) is 15.9 Å². The Hall–Kier alpha value is -1.33. The third kappa shape index (κ3) is 2.36. The molecule has 2 aromatic carbocycles. The zero-order valence-electron chi connectivity index (χ0n) is 10.0. The van der Waals surface area contributed by atoms with Crippen molar-refractivity contribution < 1.29 is 13.2 Å². The van der Waals surface area contributed by atoms with Crippen LogP contribution in [-0.4, -0.2) is 0 Å². The van der Waals surface area contributed by atoms with Crippen molar-refractivity contribution in [2.75, 3.05) is 0 Å². The Morgan fingerprint density at radius 1 is 0.900 bits per heavy atom. The number of thiophene rings is 1. The highest BCUT2D eigenvalue weighted by Crippen LogP contribution is 2.39. The first-order valence-electron chi connectivity index (χ1n) is 5.83. The first kappa shape index (κ1) is 13.6. The lowest BCUT2D eigenvalue weighted by Crippen LogP contribution is -1.98. The maximum Gasteiger partial charge on any atom is 0.161 e. The molecule has 0 saturated carbocycles. The Morgan fingerprint density at radius 2 is 1.60 bits per heavy atom. The van der Waals surface area contributed by atoms with Crippen molar-refractivity contribution in [3.05, 3.63) is 70.4 Å². The summed E-state index contributed by atoms with van der Waals surface area (Å²) in [4.78, 5) is 0.339. The van der Waals surface area contributed by atoms with Crippen LogP contribution in [0.1, 0.15) is 15.3 Å². The second-order valence-corrected chi connectivity index (χ2v) is 6.37. The van der Waals surface area contributed by atoms with Crippen molar-refractivity contribution in [3.8, 4) is 0 Å². The van der Waals surface area contributed by atoms with E-state index in [1.807, 2.05) is 30.3 Å². The van der Waals surface area contributed by atoms with Gasteiger partial charge in [0.15, 0.2) is 11.6 Å². The SMILES string of the molecule is Fc1cc(F)c(C(Br)c2cc3ccccc3s2)cc1F. The lowest BCUT2D eigenvalue weighted by molar-refractivity contribution is 0.491. The average Bonchev–Trinajstić information content (AvgIpc) is 2.86. The molecule has 0 nitrogen and oxygen atoms in total. The Morgan fingerprint density at radius 3 is 2.35 bits per heavy atom. The summed E-state index contributed by atoms with van der Waals surface area (Å²) in [6.07, 6.45) is 0. The van der Waals surface area contributed by atoms with Gasteiger partial charge in [-0.2, -0.15) is 0 Å². The summed E-state index contributed by atoms with van der Waals surface area (Å²) in [7, 11) is 0. The van der Waals surface area contributed by atoms with E-state index in [0.717, 1.165) is 21.0 Å². The van der Waals surface area contributed by atoms with Crippen LogP contribution < -0.4 is 0 Å². The molecule has 1 aromatic heterocycles. The molecule has 1 atom stereocenters. The molecule has 0 N–H and O–H groups in total. The maximum atomic E-state index is 13.8. The Balaban J connectivity index is 2.07. The number of hydrogen-bond acceptors (Lipinski definition) is 1. The molecule has 5 heteroatoms. The Labute approximate surface area is 126 Å². The number of halogens is 4. The summed E-state index contributed by atoms with van der Waals surface area (Å²) in [5, 5.41) is 1.04. The second-order valence-electron chi connectivity index (χ2n) is 4.34. The van der Waals surface area contributed by atoms with Crippen LogP contribution in [0.2, 0.25) is 0 Å². The fourth-order valence-corrected chi connectivity index (χ4v) is 3.84. The summed E-state index contributed by atoms with van der Waals surface area (Å²) in [5.74, 6) is -2.99. The highest BCUT2D eigenvalue weighted by Gasteiger charge is 2.20. The third-order valence-corrected chi connectivity index (χ3v) is 5.48. The van der Waals surface area contributed by atoms with Crippen LogP contribution >= 0.6 is 27.3 Å². The molecule has 20 heavy (non-hydrogen) atoms. The van der Waals surface area contributed by atoms with Crippen LogP contribution in [-0.2, 0) is 0 Å². The quantitative estimate of drug-likeness (QED) is 0.402. The lowest BCUT2D eigenvalue weighted by Gasteiger charge is -2.09. The van der Waals surface area contributed by atoms with Gasteiger partial charge >= 0.3 is 0 Å². The van der Waals surface area contributed by atoms with Crippen LogP contribution in [0.15, 0.2) is 42.5 Å². The Bertz CT molecular complexity index is 749. The minimum Gasteiger partial charge on any atom is -0.207 e. The molecule has 0 fully saturated rings. The van der Waals surface area contributed by atoms with Gasteiger partial charge in [-0.1, -0.05) is 34.1 Å². The van der Waals surface area contributed by atoms with Crippen LogP contribution in [0.4, 0.5) is 13.2 Å². The van der Waals surface area contributed by atoms with Gasteiger partial charge in [0.25, 0.3) is 0 Å². The van der Waals surface area contributed by atoms with Gasteiger partial charge in [0.1, 0.15) is 5.82 Å². The fraction of sp³-hybridized carbons (Fsp3) is 0.0667. The van der Waals surface area contributed by atoms with Gasteiger partial charge in [0, 0.05) is 21.2 Å². The third-order valence-electron chi connectivity index (χ3n) is 3.01. The van der Waals surface area contributed by atoms with Crippen molar-refractivity contribution in [2.24, 2.45) is 0 Å². The highest BCUT2D eigenvalue weighted by molar-refractivity contribution is 9.09. The molecule has 3 rings (SSSR count). The molecule has 0 radical (unpaired) electrons. The first-order chi connectivity index (χ1) is 9.56. The molecule has 0 saturated heterocycles. The van der Waals surface area contributed by atoms with Crippen molar-refractivity contribution in [1.29, 1.82) is 0 Å². The lowest BCUT2D eigenvalue weighted by atomic mass is 10.1. The number of alkyl halides is 1. The summed E-state index contributed by atoms with van der Waals surface area (Å²) < 4.78 is 41.1. The molecule has 3 aromatic rings. The van der Waals surface area contributed by atoms with Crippen LogP contribution in [0.5, 0.6) is 0 Å². The van der Waals surface area contributed by atoms with Gasteiger partial charge in [0.05, 0.1) is 4.83 Å². The van der Waals surface area contributed by atoms with Crippen molar-refractivity contribution in [2.45, 2.75) is 4.83 Å². The minimum absolute atomic E-state index is 0.0930. The van der Waals surface area contributed by atoms with Gasteiger partial charge < -0.3 is 0 Å². The van der Waals surface area contributed by atoms with E-state index in [9.17, 15) is 13.2 Å². The number of fused-ring (bicyclic) bond motifs is 1. The molecule has 1 unspecified atom stereocenters. The summed E-state index contributed by atoms with van der Waals surface area (Å²) in [6.45, 7) is 0. The van der Waals surface area contributed by atoms with Crippen molar-refractivity contribution in [3.63, 3.8) is 0 Å². The average molecular weight is 357 g/mol. The van der Waals surface area contributed by atoms with Gasteiger partial charge in [-0.15, -0.1) is 11.3 Å². The van der Waals surface area contributed by atoms with Gasteiger partial charge in [-0.25, -0.2) is 13.2 Å². The van der Waals surface area contributed by atoms with Crippen LogP contribution in [0.25, 0.3) is 10.1 Å². The molecule has 0 bridgehead atoms. The topological polar surface area (TPSA) is 0 Å². The predicted octanol–water partition coefficient (Wildman–Crippen LogP) is 5.80. The van der Waals surface area contributed by atoms with E-state index in [-0.39, 0.29) is 5.56 Å². The molecule has 102 valence electrons. The van der Waals surface area contributed by atoms with Gasteiger partial charge in [0.2, 0.25) is 0 Å².